The minimum absolute atomic E-state index is 0.582. The van der Waals surface area contributed by atoms with E-state index in [0.29, 0.717) is 11.7 Å². The molecule has 13 heavy (non-hydrogen) atoms. The Morgan fingerprint density at radius 3 is 2.38 bits per heavy atom. The first-order chi connectivity index (χ1) is 5.86. The van der Waals surface area contributed by atoms with Crippen LogP contribution in [0.25, 0.3) is 0 Å². The van der Waals surface area contributed by atoms with E-state index in [-0.39, 0.29) is 0 Å². The van der Waals surface area contributed by atoms with Crippen molar-refractivity contribution in [1.29, 1.82) is 0 Å². The Bertz CT molecular complexity index is 164. The second-order valence-corrected chi connectivity index (χ2v) is 5.53. The second kappa shape index (κ2) is 5.53. The summed E-state index contributed by atoms with van der Waals surface area (Å²) in [6.07, 6.45) is 1.17. The van der Waals surface area contributed by atoms with Gasteiger partial charge in [0.15, 0.2) is 0 Å². The fraction of sp³-hybridized carbons (Fsp3) is 0.900. The van der Waals surface area contributed by atoms with Crippen LogP contribution in [0.15, 0.2) is 0 Å². The Morgan fingerprint density at radius 1 is 1.46 bits per heavy atom. The van der Waals surface area contributed by atoms with Gasteiger partial charge in [-0.05, 0) is 31.9 Å². The minimum Gasteiger partial charge on any atom is -0.481 e. The van der Waals surface area contributed by atoms with Crippen LogP contribution in [-0.4, -0.2) is 22.6 Å². The number of hydrogen-bond donors (Lipinski definition) is 1. The number of hydrogen-bond acceptors (Lipinski definition) is 2. The van der Waals surface area contributed by atoms with E-state index in [4.69, 9.17) is 5.11 Å². The fourth-order valence-corrected chi connectivity index (χ4v) is 2.12. The average Bonchev–Trinajstić information content (AvgIpc) is 1.97. The number of carboxylic acid groups (broad SMARTS) is 1. The first kappa shape index (κ1) is 12.8. The summed E-state index contributed by atoms with van der Waals surface area (Å²) in [6.45, 7) is 7.92. The lowest BCUT2D eigenvalue weighted by Crippen LogP contribution is -2.26. The van der Waals surface area contributed by atoms with Gasteiger partial charge in [0.2, 0.25) is 0 Å². The maximum Gasteiger partial charge on any atom is 0.309 e. The van der Waals surface area contributed by atoms with Gasteiger partial charge in [0, 0.05) is 5.75 Å². The predicted molar refractivity (Wildman–Crippen MR) is 58.2 cm³/mol. The molecular weight excluding hydrogens is 184 g/mol. The smallest absolute Gasteiger partial charge is 0.309 e. The van der Waals surface area contributed by atoms with Gasteiger partial charge in [0.25, 0.3) is 0 Å². The zero-order valence-electron chi connectivity index (χ0n) is 8.96. The summed E-state index contributed by atoms with van der Waals surface area (Å²) in [5.74, 6) is 1.77. The number of carboxylic acids is 1. The zero-order valence-corrected chi connectivity index (χ0v) is 9.78. The standard InChI is InChI=1S/C10H20O2S/c1-8(2)5-6-13-7-10(3,4)9(11)12/h8H,5-7H2,1-4H3,(H,11,12). The van der Waals surface area contributed by atoms with Gasteiger partial charge in [0.1, 0.15) is 0 Å². The Labute approximate surface area is 85.1 Å². The van der Waals surface area contributed by atoms with Crippen LogP contribution in [-0.2, 0) is 4.79 Å². The van der Waals surface area contributed by atoms with Gasteiger partial charge in [0.05, 0.1) is 5.41 Å². The molecule has 0 aromatic rings. The van der Waals surface area contributed by atoms with E-state index in [1.807, 2.05) is 0 Å². The lowest BCUT2D eigenvalue weighted by atomic mass is 9.97. The van der Waals surface area contributed by atoms with Gasteiger partial charge in [-0.2, -0.15) is 11.8 Å². The van der Waals surface area contributed by atoms with Crippen molar-refractivity contribution in [3.8, 4) is 0 Å². The molecule has 0 aliphatic heterocycles. The van der Waals surface area contributed by atoms with E-state index in [1.54, 1.807) is 25.6 Å². The molecule has 0 atom stereocenters. The van der Waals surface area contributed by atoms with Gasteiger partial charge >= 0.3 is 5.97 Å². The van der Waals surface area contributed by atoms with Crippen molar-refractivity contribution in [2.75, 3.05) is 11.5 Å². The first-order valence-corrected chi connectivity index (χ1v) is 5.83. The molecule has 0 heterocycles. The zero-order chi connectivity index (χ0) is 10.5. The highest BCUT2D eigenvalue weighted by atomic mass is 32.2. The monoisotopic (exact) mass is 204 g/mol. The van der Waals surface area contributed by atoms with Crippen molar-refractivity contribution < 1.29 is 9.90 Å². The van der Waals surface area contributed by atoms with Crippen LogP contribution in [0.5, 0.6) is 0 Å². The molecular formula is C10H20O2S. The van der Waals surface area contributed by atoms with Crippen molar-refractivity contribution in [2.45, 2.75) is 34.1 Å². The SMILES string of the molecule is CC(C)CCSCC(C)(C)C(=O)O. The topological polar surface area (TPSA) is 37.3 Å². The van der Waals surface area contributed by atoms with Crippen molar-refractivity contribution >= 4 is 17.7 Å². The van der Waals surface area contributed by atoms with Gasteiger partial charge in [-0.1, -0.05) is 13.8 Å². The third-order valence-corrected chi connectivity index (χ3v) is 3.33. The van der Waals surface area contributed by atoms with E-state index >= 15 is 0 Å². The van der Waals surface area contributed by atoms with E-state index in [2.05, 4.69) is 13.8 Å². The molecule has 0 unspecified atom stereocenters. The largest absolute Gasteiger partial charge is 0.481 e. The summed E-state index contributed by atoms with van der Waals surface area (Å²) in [6, 6.07) is 0. The molecule has 3 heteroatoms. The molecule has 0 radical (unpaired) electrons. The Hall–Kier alpha value is -0.180. The number of thioether (sulfide) groups is 1. The molecule has 0 amide bonds. The predicted octanol–water partition coefficient (Wildman–Crippen LogP) is 2.88. The Morgan fingerprint density at radius 2 is 2.00 bits per heavy atom. The average molecular weight is 204 g/mol. The van der Waals surface area contributed by atoms with Gasteiger partial charge in [-0.15, -0.1) is 0 Å². The van der Waals surface area contributed by atoms with Crippen molar-refractivity contribution in [1.82, 2.24) is 0 Å². The Balaban J connectivity index is 3.58. The van der Waals surface area contributed by atoms with Gasteiger partial charge in [-0.25, -0.2) is 0 Å². The van der Waals surface area contributed by atoms with Crippen LogP contribution in [0.1, 0.15) is 34.1 Å². The van der Waals surface area contributed by atoms with Crippen LogP contribution >= 0.6 is 11.8 Å². The van der Waals surface area contributed by atoms with Crippen molar-refractivity contribution in [3.63, 3.8) is 0 Å². The molecule has 0 rings (SSSR count). The van der Waals surface area contributed by atoms with Gasteiger partial charge < -0.3 is 5.11 Å². The third kappa shape index (κ3) is 5.97. The van der Waals surface area contributed by atoms with Crippen LogP contribution < -0.4 is 0 Å². The quantitative estimate of drug-likeness (QED) is 0.676. The van der Waals surface area contributed by atoms with Crippen molar-refractivity contribution in [2.24, 2.45) is 11.3 Å². The fourth-order valence-electron chi connectivity index (χ4n) is 0.708. The third-order valence-electron chi connectivity index (χ3n) is 1.88. The molecule has 0 saturated carbocycles. The lowest BCUT2D eigenvalue weighted by molar-refractivity contribution is -0.145. The maximum atomic E-state index is 10.7. The molecule has 78 valence electrons. The lowest BCUT2D eigenvalue weighted by Gasteiger charge is -2.18. The van der Waals surface area contributed by atoms with Crippen LogP contribution in [0.2, 0.25) is 0 Å². The molecule has 0 fully saturated rings. The molecule has 0 aromatic heterocycles. The summed E-state index contributed by atoms with van der Waals surface area (Å²) in [7, 11) is 0. The number of rotatable bonds is 6. The van der Waals surface area contributed by atoms with E-state index in [1.165, 1.54) is 6.42 Å². The first-order valence-electron chi connectivity index (χ1n) is 4.67. The highest BCUT2D eigenvalue weighted by Crippen LogP contribution is 2.23. The molecule has 2 nitrogen and oxygen atoms in total. The molecule has 0 spiro atoms. The normalized spacial score (nSPS) is 12.1. The summed E-state index contributed by atoms with van der Waals surface area (Å²) in [5.41, 5.74) is -0.582. The number of aliphatic carboxylic acids is 1. The molecule has 0 bridgehead atoms. The summed E-state index contributed by atoms with van der Waals surface area (Å²) in [4.78, 5) is 10.7. The molecule has 0 saturated heterocycles. The second-order valence-electron chi connectivity index (χ2n) is 4.42. The van der Waals surface area contributed by atoms with Gasteiger partial charge in [-0.3, -0.25) is 4.79 Å². The summed E-state index contributed by atoms with van der Waals surface area (Å²) in [5, 5.41) is 8.84. The van der Waals surface area contributed by atoms with Crippen molar-refractivity contribution in [3.05, 3.63) is 0 Å². The molecule has 0 aliphatic carbocycles. The van der Waals surface area contributed by atoms with Crippen LogP contribution in [0.3, 0.4) is 0 Å². The van der Waals surface area contributed by atoms with Crippen LogP contribution in [0.4, 0.5) is 0 Å². The van der Waals surface area contributed by atoms with Crippen LogP contribution in [0, 0.1) is 11.3 Å². The Kier molecular flexibility index (Phi) is 5.45. The maximum absolute atomic E-state index is 10.7. The molecule has 0 aromatic carbocycles. The number of carbonyl (C=O) groups is 1. The van der Waals surface area contributed by atoms with E-state index in [9.17, 15) is 4.79 Å². The minimum atomic E-state index is -0.704. The highest BCUT2D eigenvalue weighted by molar-refractivity contribution is 7.99. The summed E-state index contributed by atoms with van der Waals surface area (Å²) < 4.78 is 0. The molecule has 0 aliphatic rings. The van der Waals surface area contributed by atoms with E-state index in [0.717, 1.165) is 5.75 Å². The highest BCUT2D eigenvalue weighted by Gasteiger charge is 2.26. The van der Waals surface area contributed by atoms with E-state index < -0.39 is 11.4 Å². The molecule has 1 N–H and O–H groups in total. The summed E-state index contributed by atoms with van der Waals surface area (Å²) >= 11 is 1.74.